The summed E-state index contributed by atoms with van der Waals surface area (Å²) in [4.78, 5) is 11.7. The summed E-state index contributed by atoms with van der Waals surface area (Å²) in [5.41, 5.74) is 4.42. The lowest BCUT2D eigenvalue weighted by molar-refractivity contribution is 0.252. The van der Waals surface area contributed by atoms with Crippen molar-refractivity contribution in [3.8, 4) is 0 Å². The van der Waals surface area contributed by atoms with Gasteiger partial charge in [-0.1, -0.05) is 42.0 Å². The Balaban J connectivity index is 1.76. The van der Waals surface area contributed by atoms with E-state index in [2.05, 4.69) is 41.8 Å². The van der Waals surface area contributed by atoms with Crippen LogP contribution in [-0.2, 0) is 6.42 Å². The van der Waals surface area contributed by atoms with Crippen molar-refractivity contribution in [3.63, 3.8) is 0 Å². The van der Waals surface area contributed by atoms with Crippen LogP contribution in [0.1, 0.15) is 16.7 Å². The second-order valence-corrected chi connectivity index (χ2v) is 4.99. The molecule has 0 heterocycles. The number of anilines is 1. The van der Waals surface area contributed by atoms with E-state index < -0.39 is 0 Å². The highest BCUT2D eigenvalue weighted by atomic mass is 16.2. The first-order valence-electron chi connectivity index (χ1n) is 6.80. The van der Waals surface area contributed by atoms with Gasteiger partial charge in [0.2, 0.25) is 0 Å². The summed E-state index contributed by atoms with van der Waals surface area (Å²) in [7, 11) is 0. The molecule has 20 heavy (non-hydrogen) atoms. The number of benzene rings is 2. The van der Waals surface area contributed by atoms with Crippen LogP contribution in [-0.4, -0.2) is 12.6 Å². The molecule has 3 heteroatoms. The molecule has 2 aromatic rings. The zero-order valence-electron chi connectivity index (χ0n) is 11.9. The van der Waals surface area contributed by atoms with Crippen LogP contribution in [0.5, 0.6) is 0 Å². The molecule has 2 amide bonds. The van der Waals surface area contributed by atoms with E-state index in [4.69, 9.17) is 0 Å². The Labute approximate surface area is 120 Å². The molecule has 0 atom stereocenters. The average Bonchev–Trinajstić information content (AvgIpc) is 2.41. The number of nitrogens with one attached hydrogen (secondary N) is 2. The van der Waals surface area contributed by atoms with Gasteiger partial charge in [-0.05, 0) is 43.5 Å². The fourth-order valence-electron chi connectivity index (χ4n) is 1.97. The maximum Gasteiger partial charge on any atom is 0.319 e. The van der Waals surface area contributed by atoms with Crippen LogP contribution in [0, 0.1) is 13.8 Å². The summed E-state index contributed by atoms with van der Waals surface area (Å²) in [6, 6.07) is 15.9. The van der Waals surface area contributed by atoms with Crippen molar-refractivity contribution in [3.05, 3.63) is 65.2 Å². The van der Waals surface area contributed by atoms with E-state index in [1.807, 2.05) is 31.2 Å². The number of amides is 2. The smallest absolute Gasteiger partial charge is 0.319 e. The maximum atomic E-state index is 11.7. The van der Waals surface area contributed by atoms with Crippen LogP contribution in [0.2, 0.25) is 0 Å². The lowest BCUT2D eigenvalue weighted by Crippen LogP contribution is -2.30. The molecule has 0 unspecified atom stereocenters. The highest BCUT2D eigenvalue weighted by Crippen LogP contribution is 2.09. The third-order valence-electron chi connectivity index (χ3n) is 3.10. The first-order chi connectivity index (χ1) is 9.63. The predicted octanol–water partition coefficient (Wildman–Crippen LogP) is 3.67. The zero-order chi connectivity index (χ0) is 14.4. The lowest BCUT2D eigenvalue weighted by Gasteiger charge is -2.08. The lowest BCUT2D eigenvalue weighted by atomic mass is 10.1. The van der Waals surface area contributed by atoms with Gasteiger partial charge in [0, 0.05) is 12.2 Å². The Kier molecular flexibility index (Phi) is 4.77. The van der Waals surface area contributed by atoms with Gasteiger partial charge in [-0.25, -0.2) is 4.79 Å². The van der Waals surface area contributed by atoms with Crippen molar-refractivity contribution in [2.24, 2.45) is 0 Å². The van der Waals surface area contributed by atoms with Crippen molar-refractivity contribution in [1.82, 2.24) is 5.32 Å². The molecule has 0 aliphatic rings. The fourth-order valence-corrected chi connectivity index (χ4v) is 1.97. The van der Waals surface area contributed by atoms with Crippen molar-refractivity contribution in [2.45, 2.75) is 20.3 Å². The Hall–Kier alpha value is -2.29. The van der Waals surface area contributed by atoms with E-state index in [-0.39, 0.29) is 6.03 Å². The molecule has 0 fully saturated rings. The first-order valence-corrected chi connectivity index (χ1v) is 6.80. The van der Waals surface area contributed by atoms with Crippen LogP contribution in [0.25, 0.3) is 0 Å². The normalized spacial score (nSPS) is 10.1. The molecule has 2 aromatic carbocycles. The molecule has 0 saturated heterocycles. The van der Waals surface area contributed by atoms with Crippen LogP contribution < -0.4 is 10.6 Å². The molecular formula is C17H20N2O. The molecule has 0 saturated carbocycles. The van der Waals surface area contributed by atoms with Crippen molar-refractivity contribution in [2.75, 3.05) is 11.9 Å². The minimum atomic E-state index is -0.164. The molecule has 104 valence electrons. The second-order valence-electron chi connectivity index (χ2n) is 4.99. The van der Waals surface area contributed by atoms with Gasteiger partial charge in [0.25, 0.3) is 0 Å². The van der Waals surface area contributed by atoms with Crippen LogP contribution >= 0.6 is 0 Å². The molecule has 0 spiro atoms. The SMILES string of the molecule is Cc1ccc(CCNC(=O)Nc2cccc(C)c2)cc1. The van der Waals surface area contributed by atoms with E-state index in [0.717, 1.165) is 17.7 Å². The Morgan fingerprint density at radius 3 is 2.45 bits per heavy atom. The molecule has 2 N–H and O–H groups in total. The largest absolute Gasteiger partial charge is 0.338 e. The number of rotatable bonds is 4. The average molecular weight is 268 g/mol. The Bertz CT molecular complexity index is 576. The molecule has 0 aliphatic heterocycles. The first kappa shape index (κ1) is 14.1. The van der Waals surface area contributed by atoms with Gasteiger partial charge < -0.3 is 10.6 Å². The molecular weight excluding hydrogens is 248 g/mol. The van der Waals surface area contributed by atoms with Gasteiger partial charge in [-0.2, -0.15) is 0 Å². The minimum Gasteiger partial charge on any atom is -0.338 e. The molecule has 2 rings (SSSR count). The standard InChI is InChI=1S/C17H20N2O/c1-13-6-8-15(9-7-13)10-11-18-17(20)19-16-5-3-4-14(2)12-16/h3-9,12H,10-11H2,1-2H3,(H2,18,19,20). The molecule has 0 radical (unpaired) electrons. The molecule has 0 aromatic heterocycles. The van der Waals surface area contributed by atoms with Crippen LogP contribution in [0.4, 0.5) is 10.5 Å². The van der Waals surface area contributed by atoms with E-state index >= 15 is 0 Å². The number of carbonyl (C=O) groups excluding carboxylic acids is 1. The van der Waals surface area contributed by atoms with Gasteiger partial charge >= 0.3 is 6.03 Å². The molecule has 0 aliphatic carbocycles. The summed E-state index contributed by atoms with van der Waals surface area (Å²) >= 11 is 0. The predicted molar refractivity (Wildman–Crippen MR) is 83.1 cm³/mol. The minimum absolute atomic E-state index is 0.164. The topological polar surface area (TPSA) is 41.1 Å². The molecule has 3 nitrogen and oxygen atoms in total. The molecule has 0 bridgehead atoms. The summed E-state index contributed by atoms with van der Waals surface area (Å²) < 4.78 is 0. The number of hydrogen-bond donors (Lipinski definition) is 2. The van der Waals surface area contributed by atoms with Gasteiger partial charge in [0.15, 0.2) is 0 Å². The van der Waals surface area contributed by atoms with Gasteiger partial charge in [-0.15, -0.1) is 0 Å². The third kappa shape index (κ3) is 4.43. The van der Waals surface area contributed by atoms with Crippen molar-refractivity contribution >= 4 is 11.7 Å². The number of aryl methyl sites for hydroxylation is 2. The second kappa shape index (κ2) is 6.75. The number of carbonyl (C=O) groups is 1. The summed E-state index contributed by atoms with van der Waals surface area (Å²) in [5.74, 6) is 0. The van der Waals surface area contributed by atoms with Crippen molar-refractivity contribution in [1.29, 1.82) is 0 Å². The van der Waals surface area contributed by atoms with Crippen molar-refractivity contribution < 1.29 is 4.79 Å². The Morgan fingerprint density at radius 2 is 1.75 bits per heavy atom. The maximum absolute atomic E-state index is 11.7. The summed E-state index contributed by atoms with van der Waals surface area (Å²) in [6.45, 7) is 4.69. The van der Waals surface area contributed by atoms with E-state index in [1.165, 1.54) is 11.1 Å². The number of hydrogen-bond acceptors (Lipinski definition) is 1. The van der Waals surface area contributed by atoms with Gasteiger partial charge in [-0.3, -0.25) is 0 Å². The monoisotopic (exact) mass is 268 g/mol. The fraction of sp³-hybridized carbons (Fsp3) is 0.235. The van der Waals surface area contributed by atoms with Gasteiger partial charge in [0.1, 0.15) is 0 Å². The summed E-state index contributed by atoms with van der Waals surface area (Å²) in [5, 5.41) is 5.69. The van der Waals surface area contributed by atoms with E-state index in [1.54, 1.807) is 0 Å². The van der Waals surface area contributed by atoms with Crippen LogP contribution in [0.3, 0.4) is 0 Å². The van der Waals surface area contributed by atoms with Gasteiger partial charge in [0.05, 0.1) is 0 Å². The highest BCUT2D eigenvalue weighted by Gasteiger charge is 2.01. The zero-order valence-corrected chi connectivity index (χ0v) is 11.9. The quantitative estimate of drug-likeness (QED) is 0.872. The highest BCUT2D eigenvalue weighted by molar-refractivity contribution is 5.89. The van der Waals surface area contributed by atoms with Crippen LogP contribution in [0.15, 0.2) is 48.5 Å². The van der Waals surface area contributed by atoms with E-state index in [0.29, 0.717) is 6.54 Å². The summed E-state index contributed by atoms with van der Waals surface area (Å²) in [6.07, 6.45) is 0.835. The Morgan fingerprint density at radius 1 is 1.00 bits per heavy atom. The number of urea groups is 1. The van der Waals surface area contributed by atoms with E-state index in [9.17, 15) is 4.79 Å². The third-order valence-corrected chi connectivity index (χ3v) is 3.10.